The van der Waals surface area contributed by atoms with E-state index in [-0.39, 0.29) is 11.6 Å². The summed E-state index contributed by atoms with van der Waals surface area (Å²) in [5.74, 6) is -7.64. The minimum atomic E-state index is -5.21. The van der Waals surface area contributed by atoms with E-state index in [0.717, 1.165) is 18.2 Å². The maximum Gasteiger partial charge on any atom is 0.461 e. The molecular formula is C30H19F10NO3. The molecule has 0 aliphatic rings. The van der Waals surface area contributed by atoms with Crippen LogP contribution in [0.4, 0.5) is 43.9 Å². The molecule has 232 valence electrons. The van der Waals surface area contributed by atoms with Crippen LogP contribution in [0.3, 0.4) is 0 Å². The highest BCUT2D eigenvalue weighted by Gasteiger charge is 2.45. The fourth-order valence-corrected chi connectivity index (χ4v) is 4.46. The number of hydrogen-bond acceptors (Lipinski definition) is 3. The van der Waals surface area contributed by atoms with Crippen molar-refractivity contribution in [3.8, 4) is 11.5 Å². The van der Waals surface area contributed by atoms with Gasteiger partial charge in [-0.15, -0.1) is 0 Å². The van der Waals surface area contributed by atoms with Crippen LogP contribution >= 0.6 is 0 Å². The summed E-state index contributed by atoms with van der Waals surface area (Å²) in [6, 6.07) is 13.1. The Morgan fingerprint density at radius 1 is 0.795 bits per heavy atom. The van der Waals surface area contributed by atoms with Crippen molar-refractivity contribution in [3.63, 3.8) is 0 Å². The molecule has 0 bridgehead atoms. The molecule has 0 aromatic heterocycles. The number of nitrogens with one attached hydrogen (secondary N) is 1. The number of carbonyl (C=O) groups is 1. The van der Waals surface area contributed by atoms with Crippen LogP contribution in [0.1, 0.15) is 32.6 Å². The summed E-state index contributed by atoms with van der Waals surface area (Å²) in [7, 11) is 0. The molecule has 0 saturated carbocycles. The quantitative estimate of drug-likeness (QED) is 0.184. The third kappa shape index (κ3) is 6.90. The molecule has 0 fully saturated rings. The highest BCUT2D eigenvalue weighted by molar-refractivity contribution is 5.95. The molecule has 4 rings (SSSR count). The van der Waals surface area contributed by atoms with Crippen molar-refractivity contribution in [2.24, 2.45) is 0 Å². The maximum absolute atomic E-state index is 14.9. The van der Waals surface area contributed by atoms with Gasteiger partial charge in [0.05, 0.1) is 11.1 Å². The number of phenols is 1. The maximum atomic E-state index is 14.9. The van der Waals surface area contributed by atoms with Gasteiger partial charge in [0.1, 0.15) is 17.4 Å². The van der Waals surface area contributed by atoms with Crippen LogP contribution in [-0.2, 0) is 18.1 Å². The van der Waals surface area contributed by atoms with E-state index in [2.05, 4.69) is 10.1 Å². The first kappa shape index (κ1) is 32.2. The number of hydrogen-bond donors (Lipinski definition) is 2. The normalized spacial score (nSPS) is 13.4. The van der Waals surface area contributed by atoms with E-state index < -0.39 is 82.2 Å². The van der Waals surface area contributed by atoms with Gasteiger partial charge in [0.2, 0.25) is 0 Å². The number of ether oxygens (including phenoxy) is 1. The molecule has 4 nitrogen and oxygen atoms in total. The summed E-state index contributed by atoms with van der Waals surface area (Å²) >= 11 is 0. The van der Waals surface area contributed by atoms with E-state index in [0.29, 0.717) is 35.9 Å². The van der Waals surface area contributed by atoms with Crippen LogP contribution in [0.25, 0.3) is 0 Å². The van der Waals surface area contributed by atoms with E-state index in [1.807, 2.05) is 0 Å². The zero-order valence-corrected chi connectivity index (χ0v) is 21.9. The first-order valence-corrected chi connectivity index (χ1v) is 12.4. The van der Waals surface area contributed by atoms with Crippen molar-refractivity contribution in [2.45, 2.75) is 30.7 Å². The van der Waals surface area contributed by atoms with E-state index in [9.17, 15) is 53.8 Å². The van der Waals surface area contributed by atoms with Crippen LogP contribution in [-0.4, -0.2) is 23.5 Å². The molecule has 4 aromatic carbocycles. The van der Waals surface area contributed by atoms with Gasteiger partial charge in [0.25, 0.3) is 5.91 Å². The fraction of sp³-hybridized carbons (Fsp3) is 0.167. The largest absolute Gasteiger partial charge is 0.505 e. The molecule has 0 aliphatic heterocycles. The standard InChI is InChI=1S/C30H19F10NO3/c31-20-11-19(12-21(14-20)44-30(39,40)27(34)35)28(15-16-4-2-1-3-5-16,18-7-9-24(33)25(42)13-18)41-26(43)17-6-8-23(32)22(10-17)29(36,37)38/h1-14,27,42H,15H2,(H,41,43)/t28-/m0/s1. The molecule has 0 unspecified atom stereocenters. The van der Waals surface area contributed by atoms with Crippen molar-refractivity contribution < 1.29 is 58.5 Å². The van der Waals surface area contributed by atoms with Crippen molar-refractivity contribution in [3.05, 3.63) is 130 Å². The SMILES string of the molecule is O=C(N[C@](Cc1ccccc1)(c1cc(F)cc(OC(F)(F)C(F)F)c1)c1ccc(F)c(O)c1)c1ccc(F)c(C(F)(F)F)c1. The lowest BCUT2D eigenvalue weighted by Crippen LogP contribution is -2.49. The Balaban J connectivity index is 1.99. The van der Waals surface area contributed by atoms with Gasteiger partial charge in [0.15, 0.2) is 11.6 Å². The summed E-state index contributed by atoms with van der Waals surface area (Å²) in [6.45, 7) is 0. The molecule has 44 heavy (non-hydrogen) atoms. The van der Waals surface area contributed by atoms with Crippen LogP contribution < -0.4 is 10.1 Å². The molecule has 0 aliphatic carbocycles. The van der Waals surface area contributed by atoms with Gasteiger partial charge in [-0.25, -0.2) is 13.2 Å². The molecule has 0 radical (unpaired) electrons. The summed E-state index contributed by atoms with van der Waals surface area (Å²) in [4.78, 5) is 13.5. The first-order valence-electron chi connectivity index (χ1n) is 12.4. The number of halogens is 10. The molecule has 2 N–H and O–H groups in total. The van der Waals surface area contributed by atoms with Crippen molar-refractivity contribution in [1.82, 2.24) is 5.32 Å². The fourth-order valence-electron chi connectivity index (χ4n) is 4.46. The lowest BCUT2D eigenvalue weighted by atomic mass is 9.77. The lowest BCUT2D eigenvalue weighted by molar-refractivity contribution is -0.253. The Bertz CT molecular complexity index is 1660. The molecule has 0 saturated heterocycles. The van der Waals surface area contributed by atoms with Crippen LogP contribution in [0.15, 0.2) is 84.9 Å². The van der Waals surface area contributed by atoms with Crippen LogP contribution in [0.2, 0.25) is 0 Å². The second-order valence-electron chi connectivity index (χ2n) is 9.52. The van der Waals surface area contributed by atoms with E-state index >= 15 is 0 Å². The number of amides is 1. The summed E-state index contributed by atoms with van der Waals surface area (Å²) in [5.41, 5.74) is -5.19. The Morgan fingerprint density at radius 2 is 1.45 bits per heavy atom. The first-order chi connectivity index (χ1) is 20.5. The Hall–Kier alpha value is -4.75. The number of alkyl halides is 7. The van der Waals surface area contributed by atoms with E-state index in [1.54, 1.807) is 6.07 Å². The zero-order valence-electron chi connectivity index (χ0n) is 21.9. The van der Waals surface area contributed by atoms with Gasteiger partial charge < -0.3 is 15.2 Å². The van der Waals surface area contributed by atoms with Gasteiger partial charge >= 0.3 is 18.7 Å². The smallest absolute Gasteiger partial charge is 0.461 e. The van der Waals surface area contributed by atoms with Gasteiger partial charge in [-0.1, -0.05) is 36.4 Å². The molecule has 0 heterocycles. The third-order valence-corrected chi connectivity index (χ3v) is 6.48. The Kier molecular flexibility index (Phi) is 8.84. The summed E-state index contributed by atoms with van der Waals surface area (Å²) in [5, 5.41) is 12.6. The average Bonchev–Trinajstić information content (AvgIpc) is 2.93. The second-order valence-corrected chi connectivity index (χ2v) is 9.52. The Morgan fingerprint density at radius 3 is 2.07 bits per heavy atom. The minimum Gasteiger partial charge on any atom is -0.505 e. The average molecular weight is 631 g/mol. The van der Waals surface area contributed by atoms with Crippen molar-refractivity contribution in [2.75, 3.05) is 0 Å². The number of rotatable bonds is 9. The second kappa shape index (κ2) is 12.1. The summed E-state index contributed by atoms with van der Waals surface area (Å²) in [6.07, 6.45) is -15.1. The van der Waals surface area contributed by atoms with E-state index in [1.165, 1.54) is 24.3 Å². The van der Waals surface area contributed by atoms with Crippen LogP contribution in [0.5, 0.6) is 11.5 Å². The number of aromatic hydroxyl groups is 1. The summed E-state index contributed by atoms with van der Waals surface area (Å²) < 4.78 is 141. The molecule has 1 atom stereocenters. The lowest BCUT2D eigenvalue weighted by Gasteiger charge is -2.37. The highest BCUT2D eigenvalue weighted by Crippen LogP contribution is 2.40. The monoisotopic (exact) mass is 631 g/mol. The molecular weight excluding hydrogens is 612 g/mol. The molecule has 4 aromatic rings. The minimum absolute atomic E-state index is 0.198. The number of phenolic OH excluding ortho intramolecular Hbond substituents is 1. The van der Waals surface area contributed by atoms with Crippen molar-refractivity contribution in [1.29, 1.82) is 0 Å². The predicted octanol–water partition coefficient (Wildman–Crippen LogP) is 7.98. The van der Waals surface area contributed by atoms with Gasteiger partial charge in [-0.3, -0.25) is 4.79 Å². The number of benzene rings is 4. The third-order valence-electron chi connectivity index (χ3n) is 6.48. The van der Waals surface area contributed by atoms with Crippen LogP contribution in [0, 0.1) is 17.5 Å². The van der Waals surface area contributed by atoms with Crippen molar-refractivity contribution >= 4 is 5.91 Å². The molecule has 0 spiro atoms. The number of carbonyl (C=O) groups excluding carboxylic acids is 1. The van der Waals surface area contributed by atoms with Gasteiger partial charge in [-0.05, 0) is 59.2 Å². The zero-order chi connectivity index (χ0) is 32.4. The van der Waals surface area contributed by atoms with E-state index in [4.69, 9.17) is 0 Å². The predicted molar refractivity (Wildman–Crippen MR) is 136 cm³/mol. The van der Waals surface area contributed by atoms with Gasteiger partial charge in [-0.2, -0.15) is 30.7 Å². The Labute approximate surface area is 242 Å². The topological polar surface area (TPSA) is 58.6 Å². The molecule has 1 amide bonds. The molecule has 14 heteroatoms. The van der Waals surface area contributed by atoms with Gasteiger partial charge in [0, 0.05) is 18.1 Å². The highest BCUT2D eigenvalue weighted by atomic mass is 19.4.